The average molecular weight is 430 g/mol. The van der Waals surface area contributed by atoms with Crippen molar-refractivity contribution in [2.24, 2.45) is 0 Å². The van der Waals surface area contributed by atoms with Crippen molar-refractivity contribution < 1.29 is 0 Å². The van der Waals surface area contributed by atoms with Gasteiger partial charge in [-0.25, -0.2) is 4.98 Å². The van der Waals surface area contributed by atoms with Crippen LogP contribution in [0.5, 0.6) is 0 Å². The second-order valence-electron chi connectivity index (χ2n) is 9.86. The quantitative estimate of drug-likeness (QED) is 0.344. The summed E-state index contributed by atoms with van der Waals surface area (Å²) in [4.78, 5) is 5.17. The first-order valence-electron chi connectivity index (χ1n) is 12.2. The lowest BCUT2D eigenvalue weighted by Crippen LogP contribution is -2.58. The Morgan fingerprint density at radius 3 is 2.35 bits per heavy atom. The Morgan fingerprint density at radius 1 is 0.647 bits per heavy atom. The van der Waals surface area contributed by atoms with E-state index >= 15 is 0 Å². The summed E-state index contributed by atoms with van der Waals surface area (Å²) in [7, 11) is 0. The molecular weight excluding hydrogens is 411 g/mol. The van der Waals surface area contributed by atoms with Gasteiger partial charge >= 0.3 is 0 Å². The molecule has 0 saturated heterocycles. The van der Waals surface area contributed by atoms with E-state index in [1.807, 2.05) is 0 Å². The Morgan fingerprint density at radius 2 is 1.47 bits per heavy atom. The third-order valence-electron chi connectivity index (χ3n) is 8.29. The van der Waals surface area contributed by atoms with Gasteiger partial charge in [0.25, 0.3) is 0 Å². The van der Waals surface area contributed by atoms with Gasteiger partial charge in [0.1, 0.15) is 5.82 Å². The molecule has 6 aromatic rings. The summed E-state index contributed by atoms with van der Waals surface area (Å²) in [6.07, 6.45) is 2.33. The highest BCUT2D eigenvalue weighted by Gasteiger charge is 2.40. The molecule has 1 aromatic heterocycles. The molecule has 0 spiro atoms. The van der Waals surface area contributed by atoms with Crippen molar-refractivity contribution in [3.8, 4) is 28.2 Å². The van der Waals surface area contributed by atoms with Gasteiger partial charge in [0, 0.05) is 11.3 Å². The second kappa shape index (κ2) is 5.87. The van der Waals surface area contributed by atoms with Crippen LogP contribution in [0.15, 0.2) is 91.0 Å². The Labute approximate surface area is 197 Å². The number of nitrogens with zero attached hydrogens (tertiary/aromatic N) is 2. The van der Waals surface area contributed by atoms with E-state index in [0.717, 1.165) is 29.7 Å². The number of fused-ring (bicyclic) bond motifs is 4. The number of benzene rings is 5. The van der Waals surface area contributed by atoms with Crippen LogP contribution in [-0.4, -0.2) is 16.3 Å². The maximum Gasteiger partial charge on any atom is 0.248 e. The SMILES string of the molecule is c1ccc(-c2nc3cccc4c3n2-c2cccc3c2B4c2ccc4c5c(ccc-3c25)CC4)cc1. The minimum atomic E-state index is 0.236. The lowest BCUT2D eigenvalue weighted by Gasteiger charge is -2.33. The molecule has 0 saturated carbocycles. The van der Waals surface area contributed by atoms with E-state index in [4.69, 9.17) is 4.98 Å². The molecule has 0 unspecified atom stereocenters. The number of imidazole rings is 1. The Bertz CT molecular complexity index is 1850. The number of aromatic nitrogens is 2. The van der Waals surface area contributed by atoms with Gasteiger partial charge in [-0.1, -0.05) is 84.3 Å². The van der Waals surface area contributed by atoms with Gasteiger partial charge in [0.05, 0.1) is 11.0 Å². The van der Waals surface area contributed by atoms with Crippen LogP contribution in [-0.2, 0) is 12.8 Å². The summed E-state index contributed by atoms with van der Waals surface area (Å²) < 4.78 is 2.42. The van der Waals surface area contributed by atoms with Gasteiger partial charge in [-0.3, -0.25) is 4.57 Å². The summed E-state index contributed by atoms with van der Waals surface area (Å²) in [5.74, 6) is 1.02. The fourth-order valence-electron chi connectivity index (χ4n) is 6.99. The molecule has 0 atom stereocenters. The highest BCUT2D eigenvalue weighted by Crippen LogP contribution is 2.40. The van der Waals surface area contributed by atoms with E-state index in [1.54, 1.807) is 0 Å². The highest BCUT2D eigenvalue weighted by atomic mass is 15.1. The molecule has 0 amide bonds. The van der Waals surface area contributed by atoms with Crippen LogP contribution >= 0.6 is 0 Å². The molecule has 5 aromatic carbocycles. The molecule has 9 rings (SSSR count). The van der Waals surface area contributed by atoms with Gasteiger partial charge in [0.15, 0.2) is 0 Å². The fraction of sp³-hybridized carbons (Fsp3) is 0.0645. The monoisotopic (exact) mass is 430 g/mol. The van der Waals surface area contributed by atoms with E-state index in [0.29, 0.717) is 0 Å². The maximum absolute atomic E-state index is 5.17. The lowest BCUT2D eigenvalue weighted by molar-refractivity contribution is 1.02. The maximum atomic E-state index is 5.17. The number of rotatable bonds is 1. The minimum absolute atomic E-state index is 0.236. The van der Waals surface area contributed by atoms with Crippen LogP contribution in [0.1, 0.15) is 11.1 Å². The van der Waals surface area contributed by atoms with Crippen LogP contribution < -0.4 is 16.4 Å². The zero-order chi connectivity index (χ0) is 22.0. The van der Waals surface area contributed by atoms with Crippen LogP contribution in [0.25, 0.3) is 50.0 Å². The van der Waals surface area contributed by atoms with Crippen LogP contribution in [0.4, 0.5) is 0 Å². The topological polar surface area (TPSA) is 17.8 Å². The van der Waals surface area contributed by atoms with Crippen molar-refractivity contribution in [2.45, 2.75) is 12.8 Å². The van der Waals surface area contributed by atoms with Gasteiger partial charge < -0.3 is 0 Å². The molecule has 3 aliphatic rings. The molecule has 0 radical (unpaired) electrons. The molecule has 0 bridgehead atoms. The third kappa shape index (κ3) is 1.91. The molecule has 3 heterocycles. The standard InChI is InChI=1S/C31H19BN2/c1-2-6-20(7-3-1)31-33-25-10-5-9-24-30(25)34(31)26-11-4-8-22-21-16-14-18-12-13-19-15-17-23(28(21)27(18)19)32(24)29(22)26/h1-11,14-17H,12-13H2. The predicted molar refractivity (Wildman–Crippen MR) is 142 cm³/mol. The first kappa shape index (κ1) is 17.4. The van der Waals surface area contributed by atoms with Crippen molar-refractivity contribution in [3.63, 3.8) is 0 Å². The van der Waals surface area contributed by atoms with E-state index < -0.39 is 0 Å². The number of para-hydroxylation sites is 1. The van der Waals surface area contributed by atoms with Crippen LogP contribution in [0.2, 0.25) is 0 Å². The molecule has 156 valence electrons. The zero-order valence-corrected chi connectivity index (χ0v) is 18.5. The minimum Gasteiger partial charge on any atom is -0.293 e. The van der Waals surface area contributed by atoms with E-state index in [-0.39, 0.29) is 6.71 Å². The van der Waals surface area contributed by atoms with Crippen molar-refractivity contribution in [2.75, 3.05) is 0 Å². The molecule has 3 heteroatoms. The summed E-state index contributed by atoms with van der Waals surface area (Å²) in [6, 6.07) is 33.7. The summed E-state index contributed by atoms with van der Waals surface area (Å²) >= 11 is 0. The summed E-state index contributed by atoms with van der Waals surface area (Å²) in [5.41, 5.74) is 14.8. The summed E-state index contributed by atoms with van der Waals surface area (Å²) in [6.45, 7) is 0.236. The first-order chi connectivity index (χ1) is 16.9. The largest absolute Gasteiger partial charge is 0.293 e. The van der Waals surface area contributed by atoms with Gasteiger partial charge in [-0.05, 0) is 68.9 Å². The van der Waals surface area contributed by atoms with E-state index in [1.165, 1.54) is 60.6 Å². The Kier molecular flexibility index (Phi) is 3.00. The molecule has 34 heavy (non-hydrogen) atoms. The Hall–Kier alpha value is -4.11. The molecule has 2 nitrogen and oxygen atoms in total. The molecule has 2 aliphatic heterocycles. The summed E-state index contributed by atoms with van der Waals surface area (Å²) in [5, 5.41) is 3.00. The number of aryl methyl sites for hydroxylation is 2. The van der Waals surface area contributed by atoms with Crippen molar-refractivity contribution in [1.29, 1.82) is 0 Å². The lowest BCUT2D eigenvalue weighted by atomic mass is 9.32. The van der Waals surface area contributed by atoms with Gasteiger partial charge in [-0.15, -0.1) is 0 Å². The normalized spacial score (nSPS) is 14.2. The molecule has 1 aliphatic carbocycles. The number of hydrogen-bond acceptors (Lipinski definition) is 1. The van der Waals surface area contributed by atoms with Gasteiger partial charge in [-0.2, -0.15) is 0 Å². The van der Waals surface area contributed by atoms with Gasteiger partial charge in [0.2, 0.25) is 6.71 Å². The number of hydrogen-bond donors (Lipinski definition) is 0. The predicted octanol–water partition coefficient (Wildman–Crippen LogP) is 4.75. The molecule has 0 N–H and O–H groups in total. The van der Waals surface area contributed by atoms with Crippen molar-refractivity contribution >= 4 is 44.9 Å². The van der Waals surface area contributed by atoms with Crippen LogP contribution in [0.3, 0.4) is 0 Å². The fourth-order valence-corrected chi connectivity index (χ4v) is 6.99. The average Bonchev–Trinajstić information content (AvgIpc) is 3.50. The first-order valence-corrected chi connectivity index (χ1v) is 12.2. The smallest absolute Gasteiger partial charge is 0.248 e. The highest BCUT2D eigenvalue weighted by molar-refractivity contribution is 7.00. The second-order valence-corrected chi connectivity index (χ2v) is 9.86. The molecule has 0 fully saturated rings. The van der Waals surface area contributed by atoms with Crippen molar-refractivity contribution in [3.05, 3.63) is 102 Å². The van der Waals surface area contributed by atoms with E-state index in [2.05, 4.69) is 95.6 Å². The van der Waals surface area contributed by atoms with Crippen molar-refractivity contribution in [1.82, 2.24) is 9.55 Å². The molecular formula is C31H19BN2. The Balaban J connectivity index is 1.49. The zero-order valence-electron chi connectivity index (χ0n) is 18.5. The van der Waals surface area contributed by atoms with Crippen LogP contribution in [0, 0.1) is 0 Å². The third-order valence-corrected chi connectivity index (χ3v) is 8.29. The van der Waals surface area contributed by atoms with E-state index in [9.17, 15) is 0 Å².